The molecule has 0 radical (unpaired) electrons. The van der Waals surface area contributed by atoms with E-state index < -0.39 is 6.10 Å². The number of aliphatic hydroxyl groups excluding tert-OH is 1. The van der Waals surface area contributed by atoms with E-state index in [-0.39, 0.29) is 6.61 Å². The average Bonchev–Trinajstić information content (AvgIpc) is 2.50. The highest BCUT2D eigenvalue weighted by Crippen LogP contribution is 2.24. The molecule has 1 rings (SSSR count). The third-order valence-corrected chi connectivity index (χ3v) is 3.02. The number of benzene rings is 1. The van der Waals surface area contributed by atoms with Gasteiger partial charge in [0, 0.05) is 18.7 Å². The summed E-state index contributed by atoms with van der Waals surface area (Å²) in [5.74, 6) is 1.54. The summed E-state index contributed by atoms with van der Waals surface area (Å²) in [5, 5.41) is 12.9. The molecule has 0 aromatic heterocycles. The molecular weight excluding hydrogens is 270 g/mol. The minimum Gasteiger partial charge on any atom is -0.497 e. The maximum Gasteiger partial charge on any atom is 0.124 e. The van der Waals surface area contributed by atoms with E-state index in [9.17, 15) is 5.11 Å². The largest absolute Gasteiger partial charge is 0.497 e. The van der Waals surface area contributed by atoms with Crippen LogP contribution in [0.1, 0.15) is 25.3 Å². The third-order valence-electron chi connectivity index (χ3n) is 3.02. The van der Waals surface area contributed by atoms with Crippen molar-refractivity contribution in [3.05, 3.63) is 23.8 Å². The van der Waals surface area contributed by atoms with Crippen molar-refractivity contribution >= 4 is 0 Å². The lowest BCUT2D eigenvalue weighted by atomic mass is 10.2. The maximum absolute atomic E-state index is 9.84. The van der Waals surface area contributed by atoms with Crippen molar-refractivity contribution in [2.45, 2.75) is 32.4 Å². The number of hydrogen-bond acceptors (Lipinski definition) is 5. The summed E-state index contributed by atoms with van der Waals surface area (Å²) in [6.07, 6.45) is 1.48. The maximum atomic E-state index is 9.84. The summed E-state index contributed by atoms with van der Waals surface area (Å²) < 4.78 is 16.3. The van der Waals surface area contributed by atoms with E-state index in [0.717, 1.165) is 29.9 Å². The normalized spacial score (nSPS) is 12.2. The molecule has 0 spiro atoms. The van der Waals surface area contributed by atoms with E-state index in [1.54, 1.807) is 7.11 Å². The Balaban J connectivity index is 2.46. The molecule has 5 heteroatoms. The van der Waals surface area contributed by atoms with Crippen molar-refractivity contribution in [2.75, 3.05) is 34.0 Å². The predicted molar refractivity (Wildman–Crippen MR) is 83.0 cm³/mol. The Morgan fingerprint density at radius 2 is 2.10 bits per heavy atom. The monoisotopic (exact) mass is 297 g/mol. The molecule has 1 atom stereocenters. The number of rotatable bonds is 11. The van der Waals surface area contributed by atoms with Crippen LogP contribution in [0.2, 0.25) is 0 Å². The summed E-state index contributed by atoms with van der Waals surface area (Å²) in [4.78, 5) is 0. The SMILES string of the molecule is CCCCOCC(O)COc1ccc(OC)cc1CNC. The molecule has 1 aromatic carbocycles. The first-order chi connectivity index (χ1) is 10.2. The molecule has 5 nitrogen and oxygen atoms in total. The van der Waals surface area contributed by atoms with Gasteiger partial charge in [-0.2, -0.15) is 0 Å². The Kier molecular flexibility index (Phi) is 8.82. The number of aliphatic hydroxyl groups is 1. The van der Waals surface area contributed by atoms with Crippen LogP contribution in [0, 0.1) is 0 Å². The van der Waals surface area contributed by atoms with Gasteiger partial charge in [-0.1, -0.05) is 13.3 Å². The number of methoxy groups -OCH3 is 1. The van der Waals surface area contributed by atoms with Gasteiger partial charge in [-0.3, -0.25) is 0 Å². The molecule has 0 saturated carbocycles. The second-order valence-corrected chi connectivity index (χ2v) is 4.90. The van der Waals surface area contributed by atoms with Gasteiger partial charge in [0.2, 0.25) is 0 Å². The second-order valence-electron chi connectivity index (χ2n) is 4.90. The molecule has 0 bridgehead atoms. The van der Waals surface area contributed by atoms with E-state index in [1.165, 1.54) is 0 Å². The van der Waals surface area contributed by atoms with Gasteiger partial charge in [0.25, 0.3) is 0 Å². The lowest BCUT2D eigenvalue weighted by Gasteiger charge is -2.16. The summed E-state index contributed by atoms with van der Waals surface area (Å²) >= 11 is 0. The number of nitrogens with one attached hydrogen (secondary N) is 1. The average molecular weight is 297 g/mol. The number of ether oxygens (including phenoxy) is 3. The molecule has 120 valence electrons. The quantitative estimate of drug-likeness (QED) is 0.612. The minimum atomic E-state index is -0.619. The van der Waals surface area contributed by atoms with Crippen LogP contribution in [-0.4, -0.2) is 45.2 Å². The molecule has 0 amide bonds. The summed E-state index contributed by atoms with van der Waals surface area (Å²) in [7, 11) is 3.51. The van der Waals surface area contributed by atoms with E-state index in [0.29, 0.717) is 19.8 Å². The Bertz CT molecular complexity index is 398. The highest BCUT2D eigenvalue weighted by atomic mass is 16.5. The smallest absolute Gasteiger partial charge is 0.124 e. The van der Waals surface area contributed by atoms with Crippen LogP contribution in [0.25, 0.3) is 0 Å². The van der Waals surface area contributed by atoms with Crippen molar-refractivity contribution in [1.82, 2.24) is 5.32 Å². The van der Waals surface area contributed by atoms with Crippen molar-refractivity contribution in [3.63, 3.8) is 0 Å². The van der Waals surface area contributed by atoms with Gasteiger partial charge in [-0.05, 0) is 31.7 Å². The molecule has 0 fully saturated rings. The van der Waals surface area contributed by atoms with Crippen LogP contribution in [0.5, 0.6) is 11.5 Å². The van der Waals surface area contributed by atoms with E-state index in [1.807, 2.05) is 25.2 Å². The summed E-state index contributed by atoms with van der Waals surface area (Å²) in [5.41, 5.74) is 0.996. The fourth-order valence-electron chi connectivity index (χ4n) is 1.85. The summed E-state index contributed by atoms with van der Waals surface area (Å²) in [6, 6.07) is 5.63. The molecular formula is C16H27NO4. The molecule has 1 unspecified atom stereocenters. The zero-order valence-electron chi connectivity index (χ0n) is 13.2. The first-order valence-corrected chi connectivity index (χ1v) is 7.41. The van der Waals surface area contributed by atoms with Gasteiger partial charge in [0.15, 0.2) is 0 Å². The van der Waals surface area contributed by atoms with Crippen LogP contribution >= 0.6 is 0 Å². The number of hydrogen-bond donors (Lipinski definition) is 2. The molecule has 2 N–H and O–H groups in total. The van der Waals surface area contributed by atoms with Crippen LogP contribution in [0.15, 0.2) is 18.2 Å². The predicted octanol–water partition coefficient (Wildman–Crippen LogP) is 1.97. The first-order valence-electron chi connectivity index (χ1n) is 7.41. The molecule has 1 aromatic rings. The molecule has 0 aliphatic carbocycles. The lowest BCUT2D eigenvalue weighted by Crippen LogP contribution is -2.24. The second kappa shape index (κ2) is 10.4. The fraction of sp³-hybridized carbons (Fsp3) is 0.625. The molecule has 0 aliphatic rings. The van der Waals surface area contributed by atoms with Crippen LogP contribution < -0.4 is 14.8 Å². The van der Waals surface area contributed by atoms with Gasteiger partial charge in [-0.25, -0.2) is 0 Å². The Hall–Kier alpha value is -1.30. The molecule has 0 saturated heterocycles. The van der Waals surface area contributed by atoms with Crippen molar-refractivity contribution < 1.29 is 19.3 Å². The van der Waals surface area contributed by atoms with Crippen LogP contribution in [0.4, 0.5) is 0 Å². The molecule has 0 heterocycles. The molecule has 0 aliphatic heterocycles. The lowest BCUT2D eigenvalue weighted by molar-refractivity contribution is 0.0111. The topological polar surface area (TPSA) is 60.0 Å². The van der Waals surface area contributed by atoms with Crippen molar-refractivity contribution in [2.24, 2.45) is 0 Å². The Morgan fingerprint density at radius 3 is 2.76 bits per heavy atom. The molecule has 21 heavy (non-hydrogen) atoms. The highest BCUT2D eigenvalue weighted by molar-refractivity contribution is 5.40. The standard InChI is InChI=1S/C16H27NO4/c1-4-5-8-20-11-14(18)12-21-16-7-6-15(19-3)9-13(16)10-17-2/h6-7,9,14,17-18H,4-5,8,10-12H2,1-3H3. The van der Waals surface area contributed by atoms with Gasteiger partial charge in [0.05, 0.1) is 13.7 Å². The fourth-order valence-corrected chi connectivity index (χ4v) is 1.85. The van der Waals surface area contributed by atoms with Gasteiger partial charge in [-0.15, -0.1) is 0 Å². The Morgan fingerprint density at radius 1 is 1.29 bits per heavy atom. The zero-order valence-corrected chi connectivity index (χ0v) is 13.2. The van der Waals surface area contributed by atoms with Crippen molar-refractivity contribution in [3.8, 4) is 11.5 Å². The first kappa shape index (κ1) is 17.8. The number of unbranched alkanes of at least 4 members (excludes halogenated alkanes) is 1. The van der Waals surface area contributed by atoms with Crippen LogP contribution in [-0.2, 0) is 11.3 Å². The summed E-state index contributed by atoms with van der Waals surface area (Å²) in [6.45, 7) is 3.99. The van der Waals surface area contributed by atoms with E-state index in [2.05, 4.69) is 12.2 Å². The van der Waals surface area contributed by atoms with Gasteiger partial charge < -0.3 is 24.6 Å². The van der Waals surface area contributed by atoms with E-state index in [4.69, 9.17) is 14.2 Å². The van der Waals surface area contributed by atoms with Gasteiger partial charge in [0.1, 0.15) is 24.2 Å². The third kappa shape index (κ3) is 6.80. The Labute approximate surface area is 127 Å². The zero-order chi connectivity index (χ0) is 15.5. The van der Waals surface area contributed by atoms with Gasteiger partial charge >= 0.3 is 0 Å². The van der Waals surface area contributed by atoms with Crippen LogP contribution in [0.3, 0.4) is 0 Å². The van der Waals surface area contributed by atoms with E-state index >= 15 is 0 Å². The minimum absolute atomic E-state index is 0.217. The highest BCUT2D eigenvalue weighted by Gasteiger charge is 2.09. The van der Waals surface area contributed by atoms with Crippen molar-refractivity contribution in [1.29, 1.82) is 0 Å².